The van der Waals surface area contributed by atoms with Gasteiger partial charge in [0, 0.05) is 22.7 Å². The number of fused-ring (bicyclic) bond motifs is 1. The molecular weight excluding hydrogens is 382 g/mol. The summed E-state index contributed by atoms with van der Waals surface area (Å²) in [4.78, 5) is 17.6. The summed E-state index contributed by atoms with van der Waals surface area (Å²) in [5.74, 6) is 1.27. The summed E-state index contributed by atoms with van der Waals surface area (Å²) < 4.78 is 0.998. The van der Waals surface area contributed by atoms with Gasteiger partial charge >= 0.3 is 0 Å². The van der Waals surface area contributed by atoms with Crippen LogP contribution in [-0.2, 0) is 0 Å². The summed E-state index contributed by atoms with van der Waals surface area (Å²) in [5, 5.41) is 10.1. The van der Waals surface area contributed by atoms with Crippen molar-refractivity contribution in [2.75, 3.05) is 23.7 Å². The number of rotatable bonds is 4. The molecule has 1 fully saturated rings. The summed E-state index contributed by atoms with van der Waals surface area (Å²) in [5.41, 5.74) is 2.34. The van der Waals surface area contributed by atoms with Crippen molar-refractivity contribution >= 4 is 44.4 Å². The molecule has 1 aliphatic rings. The molecule has 1 aromatic carbocycles. The molecule has 2 aromatic heterocycles. The molecule has 0 amide bonds. The van der Waals surface area contributed by atoms with Crippen molar-refractivity contribution in [3.8, 4) is 0 Å². The normalized spacial score (nSPS) is 17.4. The highest BCUT2D eigenvalue weighted by Crippen LogP contribution is 2.24. The van der Waals surface area contributed by atoms with Gasteiger partial charge in [0.05, 0.1) is 6.20 Å². The Kier molecular flexibility index (Phi) is 4.71. The lowest BCUT2D eigenvalue weighted by Crippen LogP contribution is -2.38. The number of hydrogen-bond acceptors (Lipinski definition) is 7. The van der Waals surface area contributed by atoms with Crippen molar-refractivity contribution in [1.82, 2.24) is 25.3 Å². The molecule has 0 bridgehead atoms. The minimum atomic E-state index is 0.345. The van der Waals surface area contributed by atoms with Gasteiger partial charge in [-0.3, -0.25) is 0 Å². The molecule has 0 spiro atoms. The maximum atomic E-state index is 4.64. The largest absolute Gasteiger partial charge is 0.350 e. The monoisotopic (exact) mass is 399 g/mol. The van der Waals surface area contributed by atoms with E-state index in [4.69, 9.17) is 0 Å². The predicted molar refractivity (Wildman–Crippen MR) is 102 cm³/mol. The van der Waals surface area contributed by atoms with Gasteiger partial charge in [0.2, 0.25) is 5.95 Å². The lowest BCUT2D eigenvalue weighted by atomic mass is 10.1. The zero-order valence-electron chi connectivity index (χ0n) is 13.5. The fourth-order valence-corrected chi connectivity index (χ4v) is 3.27. The van der Waals surface area contributed by atoms with E-state index in [1.54, 1.807) is 6.20 Å². The first-order valence-corrected chi connectivity index (χ1v) is 9.05. The molecule has 3 aromatic rings. The van der Waals surface area contributed by atoms with Crippen LogP contribution in [0.25, 0.3) is 11.0 Å². The molecule has 1 unspecified atom stereocenters. The van der Waals surface area contributed by atoms with Crippen molar-refractivity contribution in [2.45, 2.75) is 18.9 Å². The Labute approximate surface area is 153 Å². The Morgan fingerprint density at radius 3 is 3.00 bits per heavy atom. The minimum absolute atomic E-state index is 0.345. The third-order valence-electron chi connectivity index (χ3n) is 4.09. The molecule has 0 saturated carbocycles. The number of benzene rings is 1. The zero-order valence-corrected chi connectivity index (χ0v) is 15.1. The van der Waals surface area contributed by atoms with E-state index in [0.717, 1.165) is 36.1 Å². The van der Waals surface area contributed by atoms with Crippen molar-refractivity contribution < 1.29 is 0 Å². The molecule has 3 N–H and O–H groups in total. The van der Waals surface area contributed by atoms with Crippen molar-refractivity contribution in [3.05, 3.63) is 41.3 Å². The average molecular weight is 400 g/mol. The minimum Gasteiger partial charge on any atom is -0.350 e. The van der Waals surface area contributed by atoms with Gasteiger partial charge in [0.1, 0.15) is 17.4 Å². The first-order valence-electron chi connectivity index (χ1n) is 8.25. The molecule has 0 radical (unpaired) electrons. The SMILES string of the molecule is Brc1cccc(Nc2ncnc3cnc(NC4CCCNC4)nc23)c1. The number of halogens is 1. The van der Waals surface area contributed by atoms with Gasteiger partial charge in [-0.2, -0.15) is 0 Å². The molecule has 25 heavy (non-hydrogen) atoms. The van der Waals surface area contributed by atoms with E-state index in [0.29, 0.717) is 28.8 Å². The highest BCUT2D eigenvalue weighted by molar-refractivity contribution is 9.10. The summed E-state index contributed by atoms with van der Waals surface area (Å²) in [6.07, 6.45) is 5.52. The van der Waals surface area contributed by atoms with Crippen LogP contribution in [-0.4, -0.2) is 39.1 Å². The van der Waals surface area contributed by atoms with E-state index in [1.807, 2.05) is 24.3 Å². The van der Waals surface area contributed by atoms with Crippen LogP contribution in [0, 0.1) is 0 Å². The number of hydrogen-bond donors (Lipinski definition) is 3. The van der Waals surface area contributed by atoms with Crippen LogP contribution < -0.4 is 16.0 Å². The first kappa shape index (κ1) is 16.2. The van der Waals surface area contributed by atoms with Gasteiger partial charge in [0.15, 0.2) is 5.82 Å². The number of aromatic nitrogens is 4. The van der Waals surface area contributed by atoms with E-state index in [9.17, 15) is 0 Å². The average Bonchev–Trinajstić information content (AvgIpc) is 2.63. The smallest absolute Gasteiger partial charge is 0.223 e. The number of nitrogens with one attached hydrogen (secondary N) is 3. The fraction of sp³-hybridized carbons (Fsp3) is 0.294. The Morgan fingerprint density at radius 2 is 2.16 bits per heavy atom. The highest BCUT2D eigenvalue weighted by Gasteiger charge is 2.15. The third kappa shape index (κ3) is 3.85. The summed E-state index contributed by atoms with van der Waals surface area (Å²) in [6, 6.07) is 8.26. The topological polar surface area (TPSA) is 87.7 Å². The molecular formula is C17H18BrN7. The van der Waals surface area contributed by atoms with Gasteiger partial charge in [-0.25, -0.2) is 19.9 Å². The van der Waals surface area contributed by atoms with E-state index in [-0.39, 0.29) is 0 Å². The summed E-state index contributed by atoms with van der Waals surface area (Å²) >= 11 is 3.48. The van der Waals surface area contributed by atoms with Crippen LogP contribution in [0.3, 0.4) is 0 Å². The first-order chi connectivity index (χ1) is 12.3. The third-order valence-corrected chi connectivity index (χ3v) is 4.59. The van der Waals surface area contributed by atoms with E-state index in [1.165, 1.54) is 6.33 Å². The van der Waals surface area contributed by atoms with E-state index in [2.05, 4.69) is 51.8 Å². The van der Waals surface area contributed by atoms with Crippen LogP contribution in [0.15, 0.2) is 41.3 Å². The Hall–Kier alpha value is -2.32. The summed E-state index contributed by atoms with van der Waals surface area (Å²) in [6.45, 7) is 2.00. The molecule has 1 atom stereocenters. The lowest BCUT2D eigenvalue weighted by molar-refractivity contribution is 0.478. The molecule has 7 nitrogen and oxygen atoms in total. The van der Waals surface area contributed by atoms with Crippen LogP contribution >= 0.6 is 15.9 Å². The van der Waals surface area contributed by atoms with Crippen molar-refractivity contribution in [2.24, 2.45) is 0 Å². The quantitative estimate of drug-likeness (QED) is 0.620. The second-order valence-electron chi connectivity index (χ2n) is 5.97. The van der Waals surface area contributed by atoms with Crippen LogP contribution in [0.4, 0.5) is 17.5 Å². The van der Waals surface area contributed by atoms with Gasteiger partial charge < -0.3 is 16.0 Å². The Balaban J connectivity index is 1.63. The van der Waals surface area contributed by atoms with Gasteiger partial charge in [-0.1, -0.05) is 22.0 Å². The molecule has 0 aliphatic carbocycles. The number of piperidine rings is 1. The maximum Gasteiger partial charge on any atom is 0.223 e. The van der Waals surface area contributed by atoms with Gasteiger partial charge in [-0.15, -0.1) is 0 Å². The molecule has 1 aliphatic heterocycles. The molecule has 128 valence electrons. The van der Waals surface area contributed by atoms with Crippen molar-refractivity contribution in [1.29, 1.82) is 0 Å². The summed E-state index contributed by atoms with van der Waals surface area (Å²) in [7, 11) is 0. The maximum absolute atomic E-state index is 4.64. The second-order valence-corrected chi connectivity index (χ2v) is 6.89. The Morgan fingerprint density at radius 1 is 1.20 bits per heavy atom. The lowest BCUT2D eigenvalue weighted by Gasteiger charge is -2.23. The van der Waals surface area contributed by atoms with Crippen LogP contribution in [0.2, 0.25) is 0 Å². The van der Waals surface area contributed by atoms with E-state index >= 15 is 0 Å². The molecule has 4 rings (SSSR count). The fourth-order valence-electron chi connectivity index (χ4n) is 2.88. The highest BCUT2D eigenvalue weighted by atomic mass is 79.9. The number of anilines is 3. The standard InChI is InChI=1S/C17H18BrN7/c18-11-3-1-4-12(7-11)23-16-15-14(21-10-22-16)9-20-17(25-15)24-13-5-2-6-19-8-13/h1,3-4,7,9-10,13,19H,2,5-6,8H2,(H,20,24,25)(H,21,22,23). The van der Waals surface area contributed by atoms with Crippen molar-refractivity contribution in [3.63, 3.8) is 0 Å². The molecule has 1 saturated heterocycles. The van der Waals surface area contributed by atoms with E-state index < -0.39 is 0 Å². The zero-order chi connectivity index (χ0) is 17.1. The molecule has 3 heterocycles. The number of nitrogens with zero attached hydrogens (tertiary/aromatic N) is 4. The Bertz CT molecular complexity index is 880. The van der Waals surface area contributed by atoms with Crippen LogP contribution in [0.1, 0.15) is 12.8 Å². The molecule has 8 heteroatoms. The van der Waals surface area contributed by atoms with Crippen LogP contribution in [0.5, 0.6) is 0 Å². The predicted octanol–water partition coefficient (Wildman–Crippen LogP) is 3.09. The van der Waals surface area contributed by atoms with Gasteiger partial charge in [-0.05, 0) is 37.6 Å². The second kappa shape index (κ2) is 7.28. The van der Waals surface area contributed by atoms with Gasteiger partial charge in [0.25, 0.3) is 0 Å².